The molecule has 0 saturated carbocycles. The van der Waals surface area contributed by atoms with Crippen LogP contribution in [0.1, 0.15) is 78.1 Å². The van der Waals surface area contributed by atoms with Gasteiger partial charge in [-0.05, 0) is 6.42 Å². The molecule has 0 bridgehead atoms. The van der Waals surface area contributed by atoms with Crippen LogP contribution in [-0.4, -0.2) is 12.5 Å². The summed E-state index contributed by atoms with van der Waals surface area (Å²) in [6, 6.07) is 0. The van der Waals surface area contributed by atoms with Crippen LogP contribution in [0.25, 0.3) is 0 Å². The quantitative estimate of drug-likeness (QED) is 0.530. The fourth-order valence-electron chi connectivity index (χ4n) is 1.88. The molecule has 2 heteroatoms. The van der Waals surface area contributed by atoms with Crippen molar-refractivity contribution in [3.05, 3.63) is 0 Å². The molecule has 1 N–H and O–H groups in total. The van der Waals surface area contributed by atoms with E-state index < -0.39 is 0 Å². The van der Waals surface area contributed by atoms with Gasteiger partial charge in [0.05, 0.1) is 0 Å². The molecular formula is C14H29NO. The second-order valence-corrected chi connectivity index (χ2v) is 4.66. The lowest BCUT2D eigenvalue weighted by molar-refractivity contribution is -0.118. The molecule has 16 heavy (non-hydrogen) atoms. The van der Waals surface area contributed by atoms with Crippen LogP contribution in [-0.2, 0) is 4.79 Å². The molecule has 0 rings (SSSR count). The fourth-order valence-corrected chi connectivity index (χ4v) is 1.88. The van der Waals surface area contributed by atoms with Gasteiger partial charge in [0.1, 0.15) is 0 Å². The number of rotatable bonds is 11. The molecule has 96 valence electrons. The lowest BCUT2D eigenvalue weighted by Gasteiger charge is -2.03. The Kier molecular flexibility index (Phi) is 12.1. The summed E-state index contributed by atoms with van der Waals surface area (Å²) >= 11 is 0. The van der Waals surface area contributed by atoms with Gasteiger partial charge in [0.2, 0.25) is 5.91 Å². The maximum absolute atomic E-state index is 10.6. The second kappa shape index (κ2) is 12.5. The monoisotopic (exact) mass is 227 g/mol. The molecule has 0 radical (unpaired) electrons. The summed E-state index contributed by atoms with van der Waals surface area (Å²) in [4.78, 5) is 10.6. The molecule has 0 atom stereocenters. The summed E-state index contributed by atoms with van der Waals surface area (Å²) < 4.78 is 0. The molecule has 0 aliphatic heterocycles. The largest absolute Gasteiger partial charge is 0.356 e. The highest BCUT2D eigenvalue weighted by atomic mass is 16.1. The zero-order valence-electron chi connectivity index (χ0n) is 11.2. The van der Waals surface area contributed by atoms with Crippen LogP contribution in [0, 0.1) is 0 Å². The van der Waals surface area contributed by atoms with Gasteiger partial charge in [0.15, 0.2) is 0 Å². The van der Waals surface area contributed by atoms with Crippen LogP contribution >= 0.6 is 0 Å². The summed E-state index contributed by atoms with van der Waals surface area (Å²) in [5.41, 5.74) is 0. The third-order valence-electron chi connectivity index (χ3n) is 2.90. The second-order valence-electron chi connectivity index (χ2n) is 4.66. The van der Waals surface area contributed by atoms with Gasteiger partial charge in [-0.15, -0.1) is 0 Å². The van der Waals surface area contributed by atoms with Crippen molar-refractivity contribution in [3.63, 3.8) is 0 Å². The van der Waals surface area contributed by atoms with Crippen LogP contribution in [0.2, 0.25) is 0 Å². The highest BCUT2D eigenvalue weighted by molar-refractivity contribution is 5.72. The number of carbonyl (C=O) groups is 1. The average Bonchev–Trinajstić information content (AvgIpc) is 2.25. The number of unbranched alkanes of at least 4 members (excludes halogenated alkanes) is 9. The van der Waals surface area contributed by atoms with Crippen molar-refractivity contribution in [3.8, 4) is 0 Å². The van der Waals surface area contributed by atoms with Crippen molar-refractivity contribution in [2.45, 2.75) is 78.1 Å². The molecule has 0 aliphatic carbocycles. The Morgan fingerprint density at radius 3 is 1.69 bits per heavy atom. The molecule has 0 aromatic carbocycles. The minimum atomic E-state index is 0.0934. The van der Waals surface area contributed by atoms with Crippen LogP contribution in [0.5, 0.6) is 0 Å². The first-order valence-corrected chi connectivity index (χ1v) is 7.01. The molecule has 0 heterocycles. The number of carbonyl (C=O) groups excluding carboxylic acids is 1. The predicted octanol–water partition coefficient (Wildman–Crippen LogP) is 4.04. The van der Waals surface area contributed by atoms with Crippen molar-refractivity contribution in [2.24, 2.45) is 0 Å². The van der Waals surface area contributed by atoms with Crippen LogP contribution in [0.3, 0.4) is 0 Å². The fraction of sp³-hybridized carbons (Fsp3) is 0.929. The summed E-state index contributed by atoms with van der Waals surface area (Å²) in [7, 11) is 0. The van der Waals surface area contributed by atoms with E-state index in [-0.39, 0.29) is 5.91 Å². The summed E-state index contributed by atoms with van der Waals surface area (Å²) in [6.07, 6.45) is 13.5. The van der Waals surface area contributed by atoms with Crippen molar-refractivity contribution >= 4 is 5.91 Å². The van der Waals surface area contributed by atoms with E-state index in [1.807, 2.05) is 0 Å². The molecule has 0 aromatic rings. The van der Waals surface area contributed by atoms with Crippen molar-refractivity contribution in [1.82, 2.24) is 5.32 Å². The third-order valence-corrected chi connectivity index (χ3v) is 2.90. The third kappa shape index (κ3) is 13.5. The van der Waals surface area contributed by atoms with Gasteiger partial charge in [-0.25, -0.2) is 0 Å². The highest BCUT2D eigenvalue weighted by Gasteiger charge is 1.93. The standard InChI is InChI=1S/C14H29NO/c1-3-4-5-6-7-8-9-10-11-12-13-15-14(2)16/h3-13H2,1-2H3,(H,15,16). The van der Waals surface area contributed by atoms with E-state index in [9.17, 15) is 4.79 Å². The van der Waals surface area contributed by atoms with Gasteiger partial charge in [-0.2, -0.15) is 0 Å². The minimum absolute atomic E-state index is 0.0934. The van der Waals surface area contributed by atoms with Gasteiger partial charge >= 0.3 is 0 Å². The maximum atomic E-state index is 10.6. The van der Waals surface area contributed by atoms with Crippen LogP contribution in [0.15, 0.2) is 0 Å². The van der Waals surface area contributed by atoms with E-state index in [1.165, 1.54) is 57.8 Å². The Hall–Kier alpha value is -0.530. The molecule has 0 fully saturated rings. The van der Waals surface area contributed by atoms with E-state index in [0.29, 0.717) is 0 Å². The molecule has 0 saturated heterocycles. The highest BCUT2D eigenvalue weighted by Crippen LogP contribution is 2.10. The Bertz CT molecular complexity index is 157. The predicted molar refractivity (Wildman–Crippen MR) is 70.5 cm³/mol. The SMILES string of the molecule is CCCCCCCCCCCCNC(C)=O. The van der Waals surface area contributed by atoms with Gasteiger partial charge < -0.3 is 5.32 Å². The molecule has 0 aliphatic rings. The number of hydrogen-bond acceptors (Lipinski definition) is 1. The summed E-state index contributed by atoms with van der Waals surface area (Å²) in [5.74, 6) is 0.0934. The van der Waals surface area contributed by atoms with Gasteiger partial charge in [-0.3, -0.25) is 4.79 Å². The van der Waals surface area contributed by atoms with Crippen molar-refractivity contribution in [2.75, 3.05) is 6.54 Å². The van der Waals surface area contributed by atoms with Crippen LogP contribution < -0.4 is 5.32 Å². The summed E-state index contributed by atoms with van der Waals surface area (Å²) in [6.45, 7) is 4.69. The van der Waals surface area contributed by atoms with E-state index in [1.54, 1.807) is 6.92 Å². The molecule has 0 unspecified atom stereocenters. The molecule has 2 nitrogen and oxygen atoms in total. The lowest BCUT2D eigenvalue weighted by atomic mass is 10.1. The summed E-state index contributed by atoms with van der Waals surface area (Å²) in [5, 5.41) is 2.83. The number of hydrogen-bond donors (Lipinski definition) is 1. The van der Waals surface area contributed by atoms with E-state index in [2.05, 4.69) is 12.2 Å². The van der Waals surface area contributed by atoms with E-state index in [4.69, 9.17) is 0 Å². The molecule has 1 amide bonds. The zero-order chi connectivity index (χ0) is 12.1. The lowest BCUT2D eigenvalue weighted by Crippen LogP contribution is -2.20. The van der Waals surface area contributed by atoms with Crippen molar-refractivity contribution in [1.29, 1.82) is 0 Å². The number of nitrogens with one attached hydrogen (secondary N) is 1. The molecular weight excluding hydrogens is 198 g/mol. The van der Waals surface area contributed by atoms with Gasteiger partial charge in [0, 0.05) is 13.5 Å². The Morgan fingerprint density at radius 1 is 0.812 bits per heavy atom. The molecule has 0 spiro atoms. The smallest absolute Gasteiger partial charge is 0.216 e. The number of amides is 1. The topological polar surface area (TPSA) is 29.1 Å². The Morgan fingerprint density at radius 2 is 1.25 bits per heavy atom. The minimum Gasteiger partial charge on any atom is -0.356 e. The normalized spacial score (nSPS) is 10.4. The Labute approximate surface area is 101 Å². The van der Waals surface area contributed by atoms with Crippen molar-refractivity contribution < 1.29 is 4.79 Å². The van der Waals surface area contributed by atoms with Crippen LogP contribution in [0.4, 0.5) is 0 Å². The Balaban J connectivity index is 2.90. The first kappa shape index (κ1) is 15.5. The van der Waals surface area contributed by atoms with E-state index >= 15 is 0 Å². The van der Waals surface area contributed by atoms with Gasteiger partial charge in [-0.1, -0.05) is 64.7 Å². The maximum Gasteiger partial charge on any atom is 0.216 e. The van der Waals surface area contributed by atoms with E-state index in [0.717, 1.165) is 13.0 Å². The van der Waals surface area contributed by atoms with Gasteiger partial charge in [0.25, 0.3) is 0 Å². The zero-order valence-corrected chi connectivity index (χ0v) is 11.2. The average molecular weight is 227 g/mol. The molecule has 0 aromatic heterocycles. The first-order chi connectivity index (χ1) is 7.77. The first-order valence-electron chi connectivity index (χ1n) is 7.01.